The lowest BCUT2D eigenvalue weighted by Gasteiger charge is -2.13. The summed E-state index contributed by atoms with van der Waals surface area (Å²) in [4.78, 5) is 12.8. The van der Waals surface area contributed by atoms with Crippen molar-refractivity contribution >= 4 is 35.1 Å². The van der Waals surface area contributed by atoms with Gasteiger partial charge in [0.1, 0.15) is 5.82 Å². The molecule has 1 N–H and O–H groups in total. The highest BCUT2D eigenvalue weighted by atomic mass is 35.5. The van der Waals surface area contributed by atoms with Gasteiger partial charge in [0.2, 0.25) is 0 Å². The Morgan fingerprint density at radius 3 is 2.81 bits per heavy atom. The minimum Gasteiger partial charge on any atom is -0.306 e. The van der Waals surface area contributed by atoms with Crippen molar-refractivity contribution in [3.63, 3.8) is 0 Å². The summed E-state index contributed by atoms with van der Waals surface area (Å²) in [6, 6.07) is 13.2. The van der Waals surface area contributed by atoms with E-state index < -0.39 is 0 Å². The first kappa shape index (κ1) is 17.2. The molecule has 1 aromatic heterocycles. The highest BCUT2D eigenvalue weighted by molar-refractivity contribution is 7.98. The summed E-state index contributed by atoms with van der Waals surface area (Å²) in [7, 11) is 0. The van der Waals surface area contributed by atoms with E-state index in [4.69, 9.17) is 16.7 Å². The van der Waals surface area contributed by atoms with Crippen LogP contribution in [0.2, 0.25) is 5.02 Å². The molecule has 0 atom stereocenters. The summed E-state index contributed by atoms with van der Waals surface area (Å²) in [6.45, 7) is 4.13. The molecule has 0 saturated carbocycles. The molecule has 6 heteroatoms. The number of nitrogens with zero attached hydrogens (tertiary/aromatic N) is 2. The highest BCUT2D eigenvalue weighted by Crippen LogP contribution is 2.36. The van der Waals surface area contributed by atoms with E-state index >= 15 is 0 Å². The third-order valence-electron chi connectivity index (χ3n) is 4.45. The molecule has 2 aromatic carbocycles. The van der Waals surface area contributed by atoms with Crippen LogP contribution in [-0.4, -0.2) is 15.7 Å². The SMILES string of the molecule is Cc1ccc(-n2nc3c(c2NC(=O)c2cccc(Cl)c2)CSC3)c(C)c1. The summed E-state index contributed by atoms with van der Waals surface area (Å²) in [5.74, 6) is 2.29. The largest absolute Gasteiger partial charge is 0.306 e. The van der Waals surface area contributed by atoms with Crippen molar-refractivity contribution in [1.29, 1.82) is 0 Å². The Morgan fingerprint density at radius 1 is 1.19 bits per heavy atom. The van der Waals surface area contributed by atoms with Crippen LogP contribution in [0.15, 0.2) is 42.5 Å². The third-order valence-corrected chi connectivity index (χ3v) is 5.66. The number of halogens is 1. The van der Waals surface area contributed by atoms with Crippen molar-refractivity contribution in [2.45, 2.75) is 25.4 Å². The predicted octanol–water partition coefficient (Wildman–Crippen LogP) is 5.14. The van der Waals surface area contributed by atoms with Crippen molar-refractivity contribution in [2.75, 3.05) is 5.32 Å². The van der Waals surface area contributed by atoms with E-state index in [0.29, 0.717) is 10.6 Å². The number of nitrogens with one attached hydrogen (secondary N) is 1. The first-order valence-corrected chi connectivity index (χ1v) is 9.89. The van der Waals surface area contributed by atoms with Gasteiger partial charge in [-0.1, -0.05) is 35.4 Å². The molecule has 0 aliphatic carbocycles. The second kappa shape index (κ2) is 6.82. The van der Waals surface area contributed by atoms with E-state index in [-0.39, 0.29) is 5.91 Å². The second-order valence-corrected chi connectivity index (χ2v) is 7.85. The smallest absolute Gasteiger partial charge is 0.256 e. The molecule has 0 unspecified atom stereocenters. The van der Waals surface area contributed by atoms with Gasteiger partial charge in [0, 0.05) is 27.7 Å². The lowest BCUT2D eigenvalue weighted by Crippen LogP contribution is -2.16. The van der Waals surface area contributed by atoms with Gasteiger partial charge in [-0.2, -0.15) is 16.9 Å². The van der Waals surface area contributed by atoms with Gasteiger partial charge in [-0.05, 0) is 43.7 Å². The Hall–Kier alpha value is -2.24. The number of hydrogen-bond donors (Lipinski definition) is 1. The van der Waals surface area contributed by atoms with Gasteiger partial charge in [0.25, 0.3) is 5.91 Å². The number of fused-ring (bicyclic) bond motifs is 1. The topological polar surface area (TPSA) is 46.9 Å². The van der Waals surface area contributed by atoms with Gasteiger partial charge in [-0.25, -0.2) is 4.68 Å². The Kier molecular flexibility index (Phi) is 4.51. The first-order valence-electron chi connectivity index (χ1n) is 8.36. The molecule has 1 aliphatic rings. The van der Waals surface area contributed by atoms with Crippen LogP contribution in [-0.2, 0) is 11.5 Å². The van der Waals surface area contributed by atoms with Crippen LogP contribution >= 0.6 is 23.4 Å². The van der Waals surface area contributed by atoms with E-state index in [1.54, 1.807) is 24.3 Å². The predicted molar refractivity (Wildman–Crippen MR) is 107 cm³/mol. The number of carbonyl (C=O) groups is 1. The zero-order chi connectivity index (χ0) is 18.3. The summed E-state index contributed by atoms with van der Waals surface area (Å²) < 4.78 is 1.86. The standard InChI is InChI=1S/C20H18ClN3OS/c1-12-6-7-18(13(2)8-12)24-19(16-10-26-11-17(16)23-24)22-20(25)14-4-3-5-15(21)9-14/h3-9H,10-11H2,1-2H3,(H,22,25). The average Bonchev–Trinajstić information content (AvgIpc) is 3.18. The molecule has 0 radical (unpaired) electrons. The monoisotopic (exact) mass is 383 g/mol. The van der Waals surface area contributed by atoms with Gasteiger partial charge < -0.3 is 5.32 Å². The van der Waals surface area contributed by atoms with E-state index in [1.807, 2.05) is 16.4 Å². The van der Waals surface area contributed by atoms with Crippen molar-refractivity contribution < 1.29 is 4.79 Å². The van der Waals surface area contributed by atoms with Gasteiger partial charge in [-0.15, -0.1) is 0 Å². The lowest BCUT2D eigenvalue weighted by atomic mass is 10.1. The summed E-state index contributed by atoms with van der Waals surface area (Å²) in [5, 5.41) is 8.38. The van der Waals surface area contributed by atoms with Crippen LogP contribution in [0.25, 0.3) is 5.69 Å². The van der Waals surface area contributed by atoms with Gasteiger partial charge in [0.15, 0.2) is 0 Å². The van der Waals surface area contributed by atoms with Crippen LogP contribution in [0, 0.1) is 13.8 Å². The number of carbonyl (C=O) groups excluding carboxylic acids is 1. The Morgan fingerprint density at radius 2 is 2.04 bits per heavy atom. The third kappa shape index (κ3) is 3.13. The molecule has 1 aliphatic heterocycles. The molecule has 0 saturated heterocycles. The van der Waals surface area contributed by atoms with Crippen molar-refractivity contribution in [3.8, 4) is 5.69 Å². The number of amides is 1. The zero-order valence-corrected chi connectivity index (χ0v) is 16.1. The molecule has 132 valence electrons. The molecule has 1 amide bonds. The normalized spacial score (nSPS) is 12.9. The maximum absolute atomic E-state index is 12.8. The van der Waals surface area contributed by atoms with Crippen LogP contribution in [0.4, 0.5) is 5.82 Å². The van der Waals surface area contributed by atoms with E-state index in [9.17, 15) is 4.79 Å². The quantitative estimate of drug-likeness (QED) is 0.681. The number of anilines is 1. The lowest BCUT2D eigenvalue weighted by molar-refractivity contribution is 0.102. The number of thioether (sulfide) groups is 1. The summed E-state index contributed by atoms with van der Waals surface area (Å²) in [5.41, 5.74) is 5.98. The zero-order valence-electron chi connectivity index (χ0n) is 14.5. The molecule has 4 rings (SSSR count). The van der Waals surface area contributed by atoms with Crippen molar-refractivity contribution in [3.05, 3.63) is 75.4 Å². The molecule has 2 heterocycles. The molecular formula is C20H18ClN3OS. The number of benzene rings is 2. The minimum atomic E-state index is -0.182. The first-order chi connectivity index (χ1) is 12.5. The molecule has 26 heavy (non-hydrogen) atoms. The highest BCUT2D eigenvalue weighted by Gasteiger charge is 2.25. The summed E-state index contributed by atoms with van der Waals surface area (Å²) >= 11 is 7.84. The van der Waals surface area contributed by atoms with E-state index in [2.05, 4.69) is 37.4 Å². The van der Waals surface area contributed by atoms with Crippen LogP contribution < -0.4 is 5.32 Å². The van der Waals surface area contributed by atoms with E-state index in [0.717, 1.165) is 39.8 Å². The maximum Gasteiger partial charge on any atom is 0.256 e. The van der Waals surface area contributed by atoms with Gasteiger partial charge >= 0.3 is 0 Å². The van der Waals surface area contributed by atoms with Gasteiger partial charge in [-0.3, -0.25) is 4.79 Å². The van der Waals surface area contributed by atoms with Crippen molar-refractivity contribution in [1.82, 2.24) is 9.78 Å². The number of aromatic nitrogens is 2. The van der Waals surface area contributed by atoms with Crippen LogP contribution in [0.3, 0.4) is 0 Å². The van der Waals surface area contributed by atoms with Gasteiger partial charge in [0.05, 0.1) is 11.4 Å². The van der Waals surface area contributed by atoms with E-state index in [1.165, 1.54) is 5.56 Å². The number of aryl methyl sites for hydroxylation is 2. The fraction of sp³-hybridized carbons (Fsp3) is 0.200. The number of rotatable bonds is 3. The second-order valence-electron chi connectivity index (χ2n) is 6.43. The molecular weight excluding hydrogens is 366 g/mol. The van der Waals surface area contributed by atoms with Crippen LogP contribution in [0.5, 0.6) is 0 Å². The maximum atomic E-state index is 12.8. The molecule has 4 nitrogen and oxygen atoms in total. The van der Waals surface area contributed by atoms with Crippen LogP contribution in [0.1, 0.15) is 32.7 Å². The molecule has 3 aromatic rings. The fourth-order valence-corrected chi connectivity index (χ4v) is 4.39. The average molecular weight is 384 g/mol. The molecule has 0 bridgehead atoms. The molecule has 0 spiro atoms. The fourth-order valence-electron chi connectivity index (χ4n) is 3.17. The molecule has 0 fully saturated rings. The Labute approximate surface area is 161 Å². The summed E-state index contributed by atoms with van der Waals surface area (Å²) in [6.07, 6.45) is 0. The van der Waals surface area contributed by atoms with Crippen molar-refractivity contribution in [2.24, 2.45) is 0 Å². The Bertz CT molecular complexity index is 1010. The Balaban J connectivity index is 1.77. The number of hydrogen-bond acceptors (Lipinski definition) is 3. The minimum absolute atomic E-state index is 0.182.